The highest BCUT2D eigenvalue weighted by Crippen LogP contribution is 2.34. The zero-order valence-electron chi connectivity index (χ0n) is 13.4. The largest absolute Gasteiger partial charge is 0.453 e. The molecule has 0 aliphatic rings. The molecule has 1 aromatic heterocycles. The van der Waals surface area contributed by atoms with E-state index < -0.39 is 5.82 Å². The Kier molecular flexibility index (Phi) is 5.11. The topological polar surface area (TPSA) is 60.2 Å². The minimum atomic E-state index is -0.546. The van der Waals surface area contributed by atoms with E-state index in [2.05, 4.69) is 15.5 Å². The van der Waals surface area contributed by atoms with Crippen molar-refractivity contribution in [1.29, 1.82) is 0 Å². The maximum atomic E-state index is 14.3. The van der Waals surface area contributed by atoms with Gasteiger partial charge in [-0.2, -0.15) is 4.98 Å². The first-order valence-electron chi connectivity index (χ1n) is 7.41. The monoisotopic (exact) mass is 381 g/mol. The number of aromatic nitrogens is 2. The number of aryl methyl sites for hydroxylation is 1. The Hall–Kier alpha value is -2.31. The van der Waals surface area contributed by atoms with Crippen LogP contribution in [-0.2, 0) is 0 Å². The van der Waals surface area contributed by atoms with Crippen LogP contribution in [0.5, 0.6) is 11.5 Å². The molecule has 0 bridgehead atoms. The van der Waals surface area contributed by atoms with E-state index in [1.165, 1.54) is 18.2 Å². The molecule has 1 N–H and O–H groups in total. The van der Waals surface area contributed by atoms with Crippen LogP contribution < -0.4 is 10.1 Å². The Morgan fingerprint density at radius 3 is 2.64 bits per heavy atom. The Balaban J connectivity index is 1.75. The number of benzene rings is 2. The minimum Gasteiger partial charge on any atom is -0.453 e. The molecule has 130 valence electrons. The summed E-state index contributed by atoms with van der Waals surface area (Å²) >= 11 is 11.9. The lowest BCUT2D eigenvalue weighted by Gasteiger charge is -2.13. The van der Waals surface area contributed by atoms with E-state index >= 15 is 0 Å². The van der Waals surface area contributed by atoms with Crippen molar-refractivity contribution in [1.82, 2.24) is 10.1 Å². The van der Waals surface area contributed by atoms with Crippen molar-refractivity contribution in [2.24, 2.45) is 0 Å². The third kappa shape index (κ3) is 4.21. The third-order valence-corrected chi connectivity index (χ3v) is 3.89. The summed E-state index contributed by atoms with van der Waals surface area (Å²) in [6.07, 6.45) is 0. The molecule has 3 rings (SSSR count). The van der Waals surface area contributed by atoms with Crippen molar-refractivity contribution in [3.05, 3.63) is 64.0 Å². The van der Waals surface area contributed by atoms with Gasteiger partial charge < -0.3 is 14.6 Å². The van der Waals surface area contributed by atoms with Crippen molar-refractivity contribution in [2.75, 3.05) is 5.32 Å². The second kappa shape index (κ2) is 7.29. The number of anilines is 1. The molecule has 0 amide bonds. The summed E-state index contributed by atoms with van der Waals surface area (Å²) in [7, 11) is 0. The van der Waals surface area contributed by atoms with Crippen molar-refractivity contribution in [3.8, 4) is 11.5 Å². The molecular weight excluding hydrogens is 368 g/mol. The molecule has 0 radical (unpaired) electrons. The van der Waals surface area contributed by atoms with Crippen LogP contribution in [0.1, 0.15) is 24.7 Å². The van der Waals surface area contributed by atoms with E-state index in [1.54, 1.807) is 25.1 Å². The summed E-state index contributed by atoms with van der Waals surface area (Å²) < 4.78 is 24.9. The molecular formula is C17H14Cl2FN3O2. The number of nitrogens with zero attached hydrogens (tertiary/aromatic N) is 2. The van der Waals surface area contributed by atoms with E-state index in [-0.39, 0.29) is 17.5 Å². The first-order valence-corrected chi connectivity index (χ1v) is 8.17. The lowest BCUT2D eigenvalue weighted by atomic mass is 10.2. The number of hydrogen-bond donors (Lipinski definition) is 1. The SMILES string of the molecule is Cc1noc([C@H](C)Nc2ccc(Oc3cc(Cl)ccc3Cl)c(F)c2)n1. The molecule has 3 aromatic rings. The molecule has 1 atom stereocenters. The first-order chi connectivity index (χ1) is 11.9. The summed E-state index contributed by atoms with van der Waals surface area (Å²) in [4.78, 5) is 4.13. The summed E-state index contributed by atoms with van der Waals surface area (Å²) in [6.45, 7) is 3.56. The highest BCUT2D eigenvalue weighted by atomic mass is 35.5. The zero-order chi connectivity index (χ0) is 18.0. The molecule has 0 aliphatic heterocycles. The van der Waals surface area contributed by atoms with Gasteiger partial charge in [0.1, 0.15) is 11.8 Å². The average Bonchev–Trinajstić information content (AvgIpc) is 3.00. The van der Waals surface area contributed by atoms with E-state index in [0.29, 0.717) is 27.4 Å². The quantitative estimate of drug-likeness (QED) is 0.605. The van der Waals surface area contributed by atoms with Crippen LogP contribution in [0.2, 0.25) is 10.0 Å². The Morgan fingerprint density at radius 2 is 1.96 bits per heavy atom. The smallest absolute Gasteiger partial charge is 0.248 e. The van der Waals surface area contributed by atoms with E-state index in [0.717, 1.165) is 0 Å². The van der Waals surface area contributed by atoms with Gasteiger partial charge in [0, 0.05) is 22.8 Å². The maximum absolute atomic E-state index is 14.3. The van der Waals surface area contributed by atoms with E-state index in [9.17, 15) is 4.39 Å². The summed E-state index contributed by atoms with van der Waals surface area (Å²) in [5.74, 6) is 0.732. The molecule has 0 spiro atoms. The zero-order valence-corrected chi connectivity index (χ0v) is 14.9. The van der Waals surface area contributed by atoms with E-state index in [4.69, 9.17) is 32.5 Å². The van der Waals surface area contributed by atoms with Gasteiger partial charge in [-0.1, -0.05) is 28.4 Å². The molecule has 0 unspecified atom stereocenters. The van der Waals surface area contributed by atoms with Crippen LogP contribution in [-0.4, -0.2) is 10.1 Å². The third-order valence-electron chi connectivity index (χ3n) is 3.34. The average molecular weight is 382 g/mol. The Morgan fingerprint density at radius 1 is 1.16 bits per heavy atom. The first kappa shape index (κ1) is 17.5. The molecule has 0 saturated carbocycles. The van der Waals surface area contributed by atoms with Crippen molar-refractivity contribution < 1.29 is 13.7 Å². The standard InChI is InChI=1S/C17H14Cl2FN3O2/c1-9(17-22-10(2)23-25-17)21-12-4-6-15(14(20)8-12)24-16-7-11(18)3-5-13(16)19/h3-9,21H,1-2H3/t9-/m0/s1. The van der Waals surface area contributed by atoms with E-state index in [1.807, 2.05) is 6.92 Å². The molecule has 25 heavy (non-hydrogen) atoms. The maximum Gasteiger partial charge on any atom is 0.248 e. The van der Waals surface area contributed by atoms with Gasteiger partial charge in [-0.05, 0) is 38.1 Å². The normalized spacial score (nSPS) is 12.0. The molecule has 0 fully saturated rings. The van der Waals surface area contributed by atoms with Crippen LogP contribution in [0.15, 0.2) is 40.9 Å². The summed E-state index contributed by atoms with van der Waals surface area (Å²) in [5.41, 5.74) is 0.547. The van der Waals surface area contributed by atoms with Gasteiger partial charge in [-0.3, -0.25) is 0 Å². The Bertz CT molecular complexity index is 901. The lowest BCUT2D eigenvalue weighted by molar-refractivity contribution is 0.364. The van der Waals surface area contributed by atoms with Gasteiger partial charge >= 0.3 is 0 Å². The molecule has 1 heterocycles. The minimum absolute atomic E-state index is 0.0380. The number of halogens is 3. The second-order valence-electron chi connectivity index (χ2n) is 5.37. The fraction of sp³-hybridized carbons (Fsp3) is 0.176. The molecule has 5 nitrogen and oxygen atoms in total. The summed E-state index contributed by atoms with van der Waals surface area (Å²) in [6, 6.07) is 8.96. The highest BCUT2D eigenvalue weighted by Gasteiger charge is 2.14. The predicted molar refractivity (Wildman–Crippen MR) is 94.0 cm³/mol. The second-order valence-corrected chi connectivity index (χ2v) is 6.21. The van der Waals surface area contributed by atoms with Gasteiger partial charge in [-0.25, -0.2) is 4.39 Å². The van der Waals surface area contributed by atoms with Gasteiger partial charge in [0.2, 0.25) is 5.89 Å². The van der Waals surface area contributed by atoms with Crippen LogP contribution >= 0.6 is 23.2 Å². The van der Waals surface area contributed by atoms with Gasteiger partial charge in [0.05, 0.1) is 5.02 Å². The van der Waals surface area contributed by atoms with Crippen molar-refractivity contribution >= 4 is 28.9 Å². The number of rotatable bonds is 5. The van der Waals surface area contributed by atoms with Gasteiger partial charge in [0.15, 0.2) is 17.4 Å². The van der Waals surface area contributed by atoms with Crippen LogP contribution in [0, 0.1) is 12.7 Å². The van der Waals surface area contributed by atoms with Crippen LogP contribution in [0.25, 0.3) is 0 Å². The Labute approximate surface area is 153 Å². The fourth-order valence-corrected chi connectivity index (χ4v) is 2.47. The van der Waals surface area contributed by atoms with Crippen LogP contribution in [0.4, 0.5) is 10.1 Å². The molecule has 2 aromatic carbocycles. The molecule has 8 heteroatoms. The number of ether oxygens (including phenoxy) is 1. The van der Waals surface area contributed by atoms with Crippen molar-refractivity contribution in [2.45, 2.75) is 19.9 Å². The number of hydrogen-bond acceptors (Lipinski definition) is 5. The predicted octanol–water partition coefficient (Wildman–Crippen LogP) is 5.79. The summed E-state index contributed by atoms with van der Waals surface area (Å²) in [5, 5.41) is 7.60. The highest BCUT2D eigenvalue weighted by molar-refractivity contribution is 6.34. The lowest BCUT2D eigenvalue weighted by Crippen LogP contribution is -2.07. The van der Waals surface area contributed by atoms with Crippen LogP contribution in [0.3, 0.4) is 0 Å². The van der Waals surface area contributed by atoms with Gasteiger partial charge in [-0.15, -0.1) is 0 Å². The molecule has 0 aliphatic carbocycles. The molecule has 0 saturated heterocycles. The fourth-order valence-electron chi connectivity index (χ4n) is 2.15. The van der Waals surface area contributed by atoms with Crippen molar-refractivity contribution in [3.63, 3.8) is 0 Å². The number of nitrogens with one attached hydrogen (secondary N) is 1. The van der Waals surface area contributed by atoms with Gasteiger partial charge in [0.25, 0.3) is 0 Å².